The summed E-state index contributed by atoms with van der Waals surface area (Å²) < 4.78 is 5.91. The lowest BCUT2D eigenvalue weighted by atomic mass is 9.98. The van der Waals surface area contributed by atoms with E-state index in [1.807, 2.05) is 43.3 Å². The predicted octanol–water partition coefficient (Wildman–Crippen LogP) is 5.72. The van der Waals surface area contributed by atoms with Gasteiger partial charge in [-0.05, 0) is 73.2 Å². The Balaban J connectivity index is 1.33. The number of nitrogens with zero attached hydrogens (tertiary/aromatic N) is 1. The molecular formula is C27H32N2O2. The number of rotatable bonds is 6. The van der Waals surface area contributed by atoms with Gasteiger partial charge in [0.25, 0.3) is 5.91 Å². The Morgan fingerprint density at radius 3 is 2.35 bits per heavy atom. The van der Waals surface area contributed by atoms with Crippen LogP contribution in [0.15, 0.2) is 66.7 Å². The van der Waals surface area contributed by atoms with Crippen molar-refractivity contribution in [3.63, 3.8) is 0 Å². The van der Waals surface area contributed by atoms with Crippen LogP contribution in [0.3, 0.4) is 0 Å². The standard InChI is InChI=1S/C27H32N2O2/c1-19-14-16-29(17-15-19)25-11-8-22(9-12-25)20(2)28-27(30)21(3)31-26-13-10-23-6-4-5-7-24(23)18-26/h4-13,18-21H,14-17H2,1-3H3,(H,28,30)/t20-,21-/m0/s1. The summed E-state index contributed by atoms with van der Waals surface area (Å²) in [6, 6.07) is 22.5. The van der Waals surface area contributed by atoms with Crippen molar-refractivity contribution in [1.29, 1.82) is 0 Å². The largest absolute Gasteiger partial charge is 0.481 e. The molecule has 1 heterocycles. The van der Waals surface area contributed by atoms with Crippen molar-refractivity contribution in [1.82, 2.24) is 5.32 Å². The molecule has 0 bridgehead atoms. The van der Waals surface area contributed by atoms with Crippen LogP contribution in [0.2, 0.25) is 0 Å². The second kappa shape index (κ2) is 9.42. The molecule has 1 saturated heterocycles. The molecule has 2 atom stereocenters. The molecule has 3 aromatic rings. The number of piperidine rings is 1. The molecule has 0 spiro atoms. The summed E-state index contributed by atoms with van der Waals surface area (Å²) >= 11 is 0. The summed E-state index contributed by atoms with van der Waals surface area (Å²) in [5.74, 6) is 1.41. The van der Waals surface area contributed by atoms with E-state index >= 15 is 0 Å². The minimum Gasteiger partial charge on any atom is -0.481 e. The van der Waals surface area contributed by atoms with Crippen LogP contribution >= 0.6 is 0 Å². The first-order chi connectivity index (χ1) is 15.0. The fourth-order valence-electron chi connectivity index (χ4n) is 4.15. The van der Waals surface area contributed by atoms with Gasteiger partial charge in [-0.2, -0.15) is 0 Å². The first-order valence-electron chi connectivity index (χ1n) is 11.3. The topological polar surface area (TPSA) is 41.6 Å². The van der Waals surface area contributed by atoms with Crippen molar-refractivity contribution < 1.29 is 9.53 Å². The Kier molecular flexibility index (Phi) is 6.45. The van der Waals surface area contributed by atoms with E-state index in [4.69, 9.17) is 4.74 Å². The molecule has 0 radical (unpaired) electrons. The Labute approximate surface area is 185 Å². The first-order valence-corrected chi connectivity index (χ1v) is 11.3. The number of nitrogens with one attached hydrogen (secondary N) is 1. The van der Waals surface area contributed by atoms with Gasteiger partial charge >= 0.3 is 0 Å². The second-order valence-electron chi connectivity index (χ2n) is 8.76. The highest BCUT2D eigenvalue weighted by Crippen LogP contribution is 2.25. The van der Waals surface area contributed by atoms with Gasteiger partial charge in [-0.3, -0.25) is 4.79 Å². The number of benzene rings is 3. The third-order valence-electron chi connectivity index (χ3n) is 6.30. The Morgan fingerprint density at radius 2 is 1.65 bits per heavy atom. The van der Waals surface area contributed by atoms with Gasteiger partial charge in [0.15, 0.2) is 6.10 Å². The highest BCUT2D eigenvalue weighted by atomic mass is 16.5. The van der Waals surface area contributed by atoms with Crippen molar-refractivity contribution in [2.75, 3.05) is 18.0 Å². The Hall–Kier alpha value is -3.01. The van der Waals surface area contributed by atoms with E-state index in [9.17, 15) is 4.79 Å². The van der Waals surface area contributed by atoms with Crippen LogP contribution in [0.1, 0.15) is 45.2 Å². The number of amides is 1. The number of ether oxygens (including phenoxy) is 1. The van der Waals surface area contributed by atoms with E-state index in [1.165, 1.54) is 18.5 Å². The Bertz CT molecular complexity index is 1020. The molecule has 31 heavy (non-hydrogen) atoms. The molecule has 1 fully saturated rings. The summed E-state index contributed by atoms with van der Waals surface area (Å²) in [4.78, 5) is 15.1. The van der Waals surface area contributed by atoms with Crippen LogP contribution in [-0.4, -0.2) is 25.1 Å². The number of hydrogen-bond donors (Lipinski definition) is 1. The van der Waals surface area contributed by atoms with Gasteiger partial charge in [-0.1, -0.05) is 49.4 Å². The van der Waals surface area contributed by atoms with E-state index in [0.29, 0.717) is 5.75 Å². The second-order valence-corrected chi connectivity index (χ2v) is 8.76. The molecule has 4 heteroatoms. The Morgan fingerprint density at radius 1 is 0.968 bits per heavy atom. The monoisotopic (exact) mass is 416 g/mol. The molecule has 1 N–H and O–H groups in total. The van der Waals surface area contributed by atoms with E-state index in [-0.39, 0.29) is 11.9 Å². The molecule has 0 saturated carbocycles. The van der Waals surface area contributed by atoms with Crippen molar-refractivity contribution in [3.05, 3.63) is 72.3 Å². The summed E-state index contributed by atoms with van der Waals surface area (Å²) in [5.41, 5.74) is 2.36. The molecular weight excluding hydrogens is 384 g/mol. The quantitative estimate of drug-likeness (QED) is 0.559. The van der Waals surface area contributed by atoms with Crippen molar-refractivity contribution in [3.8, 4) is 5.75 Å². The van der Waals surface area contributed by atoms with Crippen molar-refractivity contribution in [2.45, 2.75) is 45.8 Å². The minimum absolute atomic E-state index is 0.0782. The summed E-state index contributed by atoms with van der Waals surface area (Å²) in [5, 5.41) is 5.34. The molecule has 1 amide bonds. The molecule has 4 nitrogen and oxygen atoms in total. The lowest BCUT2D eigenvalue weighted by molar-refractivity contribution is -0.127. The van der Waals surface area contributed by atoms with Crippen LogP contribution < -0.4 is 15.0 Å². The molecule has 3 aromatic carbocycles. The van der Waals surface area contributed by atoms with Gasteiger partial charge in [-0.15, -0.1) is 0 Å². The maximum Gasteiger partial charge on any atom is 0.261 e. The molecule has 162 valence electrons. The van der Waals surface area contributed by atoms with Gasteiger partial charge in [0.1, 0.15) is 5.75 Å². The van der Waals surface area contributed by atoms with Crippen LogP contribution in [0, 0.1) is 5.92 Å². The SMILES string of the molecule is CC1CCN(c2ccc([C@H](C)NC(=O)[C@H](C)Oc3ccc4ccccc4c3)cc2)CC1. The van der Waals surface area contributed by atoms with Crippen LogP contribution in [0.25, 0.3) is 10.8 Å². The summed E-state index contributed by atoms with van der Waals surface area (Å²) in [6.45, 7) is 8.37. The van der Waals surface area contributed by atoms with Crippen LogP contribution in [0.5, 0.6) is 5.75 Å². The zero-order valence-electron chi connectivity index (χ0n) is 18.7. The van der Waals surface area contributed by atoms with E-state index in [1.54, 1.807) is 6.92 Å². The summed E-state index contributed by atoms with van der Waals surface area (Å²) in [6.07, 6.45) is 1.94. The van der Waals surface area contributed by atoms with E-state index in [2.05, 4.69) is 47.5 Å². The van der Waals surface area contributed by atoms with Crippen molar-refractivity contribution in [2.24, 2.45) is 5.92 Å². The zero-order valence-corrected chi connectivity index (χ0v) is 18.7. The zero-order chi connectivity index (χ0) is 21.8. The highest BCUT2D eigenvalue weighted by Gasteiger charge is 2.19. The van der Waals surface area contributed by atoms with Gasteiger partial charge in [-0.25, -0.2) is 0 Å². The van der Waals surface area contributed by atoms with Crippen LogP contribution in [0.4, 0.5) is 5.69 Å². The summed E-state index contributed by atoms with van der Waals surface area (Å²) in [7, 11) is 0. The normalized spacial score (nSPS) is 16.7. The fourth-order valence-corrected chi connectivity index (χ4v) is 4.15. The highest BCUT2D eigenvalue weighted by molar-refractivity contribution is 5.84. The maximum absolute atomic E-state index is 12.7. The van der Waals surface area contributed by atoms with Crippen molar-refractivity contribution >= 4 is 22.4 Å². The number of anilines is 1. The number of hydrogen-bond acceptors (Lipinski definition) is 3. The first kappa shape index (κ1) is 21.2. The number of carbonyl (C=O) groups excluding carboxylic acids is 1. The van der Waals surface area contributed by atoms with E-state index in [0.717, 1.165) is 35.3 Å². The number of carbonyl (C=O) groups is 1. The number of fused-ring (bicyclic) bond motifs is 1. The smallest absolute Gasteiger partial charge is 0.261 e. The minimum atomic E-state index is -0.571. The maximum atomic E-state index is 12.7. The van der Waals surface area contributed by atoms with E-state index < -0.39 is 6.10 Å². The molecule has 0 aliphatic carbocycles. The lowest BCUT2D eigenvalue weighted by Crippen LogP contribution is -2.37. The van der Waals surface area contributed by atoms with Gasteiger partial charge in [0.05, 0.1) is 6.04 Å². The molecule has 0 unspecified atom stereocenters. The average molecular weight is 417 g/mol. The molecule has 4 rings (SSSR count). The average Bonchev–Trinajstić information content (AvgIpc) is 2.79. The predicted molar refractivity (Wildman–Crippen MR) is 128 cm³/mol. The molecule has 0 aromatic heterocycles. The van der Waals surface area contributed by atoms with Gasteiger partial charge in [0.2, 0.25) is 0 Å². The van der Waals surface area contributed by atoms with Crippen LogP contribution in [-0.2, 0) is 4.79 Å². The van der Waals surface area contributed by atoms with Gasteiger partial charge in [0, 0.05) is 18.8 Å². The lowest BCUT2D eigenvalue weighted by Gasteiger charge is -2.32. The van der Waals surface area contributed by atoms with Gasteiger partial charge < -0.3 is 15.0 Å². The third-order valence-corrected chi connectivity index (χ3v) is 6.30. The fraction of sp³-hybridized carbons (Fsp3) is 0.370. The molecule has 1 aliphatic heterocycles. The third kappa shape index (κ3) is 5.19. The molecule has 1 aliphatic rings.